The van der Waals surface area contributed by atoms with E-state index in [1.165, 1.54) is 44.9 Å². The summed E-state index contributed by atoms with van der Waals surface area (Å²) in [5.74, 6) is 1.85. The average molecular weight is 310 g/mol. The number of allylic oxidation sites excluding steroid dienone is 1. The van der Waals surface area contributed by atoms with Crippen LogP contribution in [0.15, 0.2) is 24.4 Å². The molecule has 122 valence electrons. The van der Waals surface area contributed by atoms with E-state index in [-0.39, 0.29) is 0 Å². The van der Waals surface area contributed by atoms with Crippen LogP contribution in [0, 0.1) is 12.8 Å². The Morgan fingerprint density at radius 2 is 2.00 bits per heavy atom. The molecule has 2 aromatic heterocycles. The number of rotatable bonds is 6. The lowest BCUT2D eigenvalue weighted by Crippen LogP contribution is -2.20. The molecule has 2 aliphatic rings. The second-order valence-electron chi connectivity index (χ2n) is 7.25. The highest BCUT2D eigenvalue weighted by Crippen LogP contribution is 2.37. The van der Waals surface area contributed by atoms with Crippen LogP contribution in [0.5, 0.6) is 0 Å². The second-order valence-corrected chi connectivity index (χ2v) is 7.25. The first-order chi connectivity index (χ1) is 11.2. The van der Waals surface area contributed by atoms with Gasteiger partial charge in [0.15, 0.2) is 5.65 Å². The van der Waals surface area contributed by atoms with Gasteiger partial charge in [-0.15, -0.1) is 0 Å². The summed E-state index contributed by atoms with van der Waals surface area (Å²) >= 11 is 0. The maximum absolute atomic E-state index is 4.79. The quantitative estimate of drug-likeness (QED) is 0.819. The van der Waals surface area contributed by atoms with Gasteiger partial charge < -0.3 is 5.32 Å². The van der Waals surface area contributed by atoms with Gasteiger partial charge in [0.1, 0.15) is 5.52 Å². The third kappa shape index (κ3) is 2.87. The second kappa shape index (κ2) is 5.99. The number of pyridine rings is 1. The molecule has 23 heavy (non-hydrogen) atoms. The first-order valence-corrected chi connectivity index (χ1v) is 9.01. The molecule has 2 saturated carbocycles. The van der Waals surface area contributed by atoms with Crippen molar-refractivity contribution < 1.29 is 0 Å². The Hall–Kier alpha value is -1.84. The van der Waals surface area contributed by atoms with Crippen LogP contribution in [0.2, 0.25) is 0 Å². The van der Waals surface area contributed by atoms with Gasteiger partial charge in [-0.05, 0) is 57.1 Å². The maximum atomic E-state index is 4.79. The van der Waals surface area contributed by atoms with Crippen LogP contribution in [-0.2, 0) is 0 Å². The van der Waals surface area contributed by atoms with Crippen LogP contribution in [-0.4, -0.2) is 14.5 Å². The van der Waals surface area contributed by atoms with Crippen molar-refractivity contribution >= 4 is 17.1 Å². The Labute approximate surface area is 138 Å². The summed E-state index contributed by atoms with van der Waals surface area (Å²) < 4.78 is 2.31. The highest BCUT2D eigenvalue weighted by Gasteiger charge is 2.26. The van der Waals surface area contributed by atoms with Crippen molar-refractivity contribution in [3.63, 3.8) is 0 Å². The lowest BCUT2D eigenvalue weighted by Gasteiger charge is -2.29. The Bertz CT molecular complexity index is 722. The largest absolute Gasteiger partial charge is 0.330 e. The number of nitrogens with zero attached hydrogens (tertiary/aromatic N) is 3. The van der Waals surface area contributed by atoms with Crippen LogP contribution >= 0.6 is 0 Å². The van der Waals surface area contributed by atoms with Crippen molar-refractivity contribution in [3.05, 3.63) is 30.1 Å². The van der Waals surface area contributed by atoms with E-state index in [2.05, 4.69) is 22.5 Å². The van der Waals surface area contributed by atoms with Crippen LogP contribution in [0.3, 0.4) is 0 Å². The number of aromatic nitrogens is 3. The predicted molar refractivity (Wildman–Crippen MR) is 94.5 cm³/mol. The van der Waals surface area contributed by atoms with Gasteiger partial charge in [-0.2, -0.15) is 0 Å². The molecular weight excluding hydrogens is 284 g/mol. The molecule has 2 aliphatic carbocycles. The molecule has 0 aromatic carbocycles. The Morgan fingerprint density at radius 3 is 2.65 bits per heavy atom. The highest BCUT2D eigenvalue weighted by molar-refractivity contribution is 5.75. The van der Waals surface area contributed by atoms with Crippen LogP contribution in [0.1, 0.15) is 63.1 Å². The van der Waals surface area contributed by atoms with Crippen molar-refractivity contribution in [3.8, 4) is 0 Å². The molecule has 0 saturated heterocycles. The number of hydrogen-bond donors (Lipinski definition) is 1. The number of anilines is 1. The van der Waals surface area contributed by atoms with E-state index in [9.17, 15) is 0 Å². The van der Waals surface area contributed by atoms with Gasteiger partial charge in [-0.1, -0.05) is 25.8 Å². The first-order valence-electron chi connectivity index (χ1n) is 9.01. The minimum atomic E-state index is 0.538. The van der Waals surface area contributed by atoms with E-state index in [0.717, 1.165) is 40.8 Å². The SMILES string of the molecule is C=C(CCC1CCC1)Nc1nc2ccc(C)nc2n1C1CCC1. The summed E-state index contributed by atoms with van der Waals surface area (Å²) in [6.45, 7) is 6.27. The third-order valence-electron chi connectivity index (χ3n) is 5.48. The highest BCUT2D eigenvalue weighted by atomic mass is 15.3. The number of hydrogen-bond acceptors (Lipinski definition) is 3. The van der Waals surface area contributed by atoms with E-state index in [1.54, 1.807) is 0 Å². The zero-order valence-electron chi connectivity index (χ0n) is 14.0. The van der Waals surface area contributed by atoms with E-state index < -0.39 is 0 Å². The van der Waals surface area contributed by atoms with Gasteiger partial charge in [0, 0.05) is 17.4 Å². The van der Waals surface area contributed by atoms with Gasteiger partial charge in [0.05, 0.1) is 0 Å². The monoisotopic (exact) mass is 310 g/mol. The van der Waals surface area contributed by atoms with Crippen LogP contribution in [0.4, 0.5) is 5.95 Å². The summed E-state index contributed by atoms with van der Waals surface area (Å²) in [6, 6.07) is 4.65. The Balaban J connectivity index is 1.56. The van der Waals surface area contributed by atoms with Crippen molar-refractivity contribution in [2.24, 2.45) is 5.92 Å². The van der Waals surface area contributed by atoms with Crippen LogP contribution in [0.25, 0.3) is 11.2 Å². The summed E-state index contributed by atoms with van der Waals surface area (Å²) in [7, 11) is 0. The molecule has 4 heteroatoms. The normalized spacial score (nSPS) is 18.7. The summed E-state index contributed by atoms with van der Waals surface area (Å²) in [5, 5.41) is 3.49. The van der Waals surface area contributed by atoms with Gasteiger partial charge in [0.2, 0.25) is 5.95 Å². The topological polar surface area (TPSA) is 42.7 Å². The molecular formula is C19H26N4. The van der Waals surface area contributed by atoms with Crippen molar-refractivity contribution in [2.45, 2.75) is 64.3 Å². The fourth-order valence-corrected chi connectivity index (χ4v) is 3.53. The molecule has 0 atom stereocenters. The van der Waals surface area contributed by atoms with Gasteiger partial charge in [-0.3, -0.25) is 4.57 Å². The summed E-state index contributed by atoms with van der Waals surface area (Å²) in [6.07, 6.45) is 10.3. The fourth-order valence-electron chi connectivity index (χ4n) is 3.53. The molecule has 0 aliphatic heterocycles. The smallest absolute Gasteiger partial charge is 0.209 e. The number of nitrogens with one attached hydrogen (secondary N) is 1. The van der Waals surface area contributed by atoms with E-state index in [0.29, 0.717) is 6.04 Å². The predicted octanol–water partition coefficient (Wildman–Crippen LogP) is 4.97. The Kier molecular flexibility index (Phi) is 3.83. The van der Waals surface area contributed by atoms with E-state index in [4.69, 9.17) is 9.97 Å². The molecule has 1 N–H and O–H groups in total. The maximum Gasteiger partial charge on any atom is 0.209 e. The van der Waals surface area contributed by atoms with E-state index >= 15 is 0 Å². The standard InChI is InChI=1S/C19H26N4/c1-13-10-12-17-18(20-13)23(16-7-4-8-16)19(22-17)21-14(2)9-11-15-5-3-6-15/h10,12,15-16H,2-9,11H2,1H3,(H,21,22). The minimum absolute atomic E-state index is 0.538. The number of imidazole rings is 1. The van der Waals surface area contributed by atoms with Crippen molar-refractivity contribution in [2.75, 3.05) is 5.32 Å². The molecule has 0 radical (unpaired) electrons. The van der Waals surface area contributed by atoms with Crippen molar-refractivity contribution in [1.29, 1.82) is 0 Å². The molecule has 0 bridgehead atoms. The molecule has 2 fully saturated rings. The molecule has 0 spiro atoms. The zero-order valence-corrected chi connectivity index (χ0v) is 14.0. The Morgan fingerprint density at radius 1 is 1.22 bits per heavy atom. The molecule has 2 aromatic rings. The molecule has 4 nitrogen and oxygen atoms in total. The lowest BCUT2D eigenvalue weighted by molar-refractivity contribution is 0.296. The molecule has 0 amide bonds. The van der Waals surface area contributed by atoms with Gasteiger partial charge in [0.25, 0.3) is 0 Å². The van der Waals surface area contributed by atoms with Gasteiger partial charge >= 0.3 is 0 Å². The third-order valence-corrected chi connectivity index (χ3v) is 5.48. The summed E-state index contributed by atoms with van der Waals surface area (Å²) in [5.41, 5.74) is 4.14. The lowest BCUT2D eigenvalue weighted by atomic mass is 9.82. The molecule has 0 unspecified atom stereocenters. The van der Waals surface area contributed by atoms with E-state index in [1.807, 2.05) is 13.0 Å². The number of fused-ring (bicyclic) bond motifs is 1. The van der Waals surface area contributed by atoms with Crippen molar-refractivity contribution in [1.82, 2.24) is 14.5 Å². The molecule has 2 heterocycles. The minimum Gasteiger partial charge on any atom is -0.330 e. The fraction of sp³-hybridized carbons (Fsp3) is 0.579. The summed E-state index contributed by atoms with van der Waals surface area (Å²) in [4.78, 5) is 9.52. The van der Waals surface area contributed by atoms with Gasteiger partial charge in [-0.25, -0.2) is 9.97 Å². The molecule has 4 rings (SSSR count). The average Bonchev–Trinajstić information content (AvgIpc) is 2.73. The number of aryl methyl sites for hydroxylation is 1. The van der Waals surface area contributed by atoms with Crippen LogP contribution < -0.4 is 5.32 Å². The zero-order chi connectivity index (χ0) is 15.8. The first kappa shape index (κ1) is 14.7.